The Hall–Kier alpha value is -2.08. The summed E-state index contributed by atoms with van der Waals surface area (Å²) in [5.74, 6) is -5.33. The third-order valence-electron chi connectivity index (χ3n) is 2.73. The Morgan fingerprint density at radius 3 is 1.77 bits per heavy atom. The Morgan fingerprint density at radius 2 is 1.35 bits per heavy atom. The molecule has 0 N–H and O–H groups in total. The van der Waals surface area contributed by atoms with Crippen LogP contribution in [0.25, 0.3) is 0 Å². The molecule has 6 nitrogen and oxygen atoms in total. The lowest BCUT2D eigenvalue weighted by Gasteiger charge is -2.21. The number of ether oxygens (including phenoxy) is 3. The standard InChI is InChI=1S/C13H15F7O6/c1-3-11(2,14)10(23)26-7(9(22)25-6-13(18,19)20)4-8(21)24-5-12(15,16)17/h7H,3-6H2,1-2H3. The van der Waals surface area contributed by atoms with E-state index in [1.807, 2.05) is 0 Å². The molecule has 0 saturated carbocycles. The van der Waals surface area contributed by atoms with Crippen LogP contribution in [0.15, 0.2) is 0 Å². The zero-order chi connectivity index (χ0) is 20.8. The van der Waals surface area contributed by atoms with Gasteiger partial charge in [0.15, 0.2) is 13.2 Å². The minimum absolute atomic E-state index is 0.450. The summed E-state index contributed by atoms with van der Waals surface area (Å²) in [5, 5.41) is 0. The molecule has 0 bridgehead atoms. The minimum atomic E-state index is -4.96. The van der Waals surface area contributed by atoms with Crippen molar-refractivity contribution >= 4 is 17.9 Å². The van der Waals surface area contributed by atoms with Gasteiger partial charge in [0, 0.05) is 0 Å². The predicted octanol–water partition coefficient (Wildman–Crippen LogP) is 2.64. The van der Waals surface area contributed by atoms with Gasteiger partial charge in [0.2, 0.25) is 11.8 Å². The Bertz CT molecular complexity index is 512. The number of halogens is 7. The van der Waals surface area contributed by atoms with E-state index in [0.717, 1.165) is 6.92 Å². The number of carbonyl (C=O) groups is 3. The van der Waals surface area contributed by atoms with Crippen LogP contribution >= 0.6 is 0 Å². The van der Waals surface area contributed by atoms with Crippen molar-refractivity contribution < 1.29 is 59.3 Å². The summed E-state index contributed by atoms with van der Waals surface area (Å²) in [4.78, 5) is 34.3. The fourth-order valence-electron chi connectivity index (χ4n) is 1.19. The number of esters is 3. The van der Waals surface area contributed by atoms with E-state index in [1.54, 1.807) is 0 Å². The van der Waals surface area contributed by atoms with E-state index >= 15 is 0 Å². The van der Waals surface area contributed by atoms with Gasteiger partial charge in [-0.1, -0.05) is 6.92 Å². The maximum Gasteiger partial charge on any atom is 0.422 e. The molecule has 0 aliphatic carbocycles. The zero-order valence-corrected chi connectivity index (χ0v) is 13.5. The van der Waals surface area contributed by atoms with Gasteiger partial charge in [0.25, 0.3) is 0 Å². The molecule has 0 heterocycles. The summed E-state index contributed by atoms with van der Waals surface area (Å²) in [6.45, 7) is -2.22. The molecule has 2 atom stereocenters. The maximum absolute atomic E-state index is 13.8. The molecule has 0 aromatic rings. The number of hydrogen-bond donors (Lipinski definition) is 0. The van der Waals surface area contributed by atoms with Crippen LogP contribution < -0.4 is 0 Å². The van der Waals surface area contributed by atoms with Gasteiger partial charge in [-0.25, -0.2) is 14.0 Å². The zero-order valence-electron chi connectivity index (χ0n) is 13.5. The van der Waals surface area contributed by atoms with Gasteiger partial charge in [0.1, 0.15) is 0 Å². The third-order valence-corrected chi connectivity index (χ3v) is 2.73. The molecule has 0 aromatic carbocycles. The normalized spacial score (nSPS) is 15.6. The van der Waals surface area contributed by atoms with Crippen LogP contribution in [-0.2, 0) is 28.6 Å². The second kappa shape index (κ2) is 9.03. The molecule has 152 valence electrons. The Balaban J connectivity index is 5.07. The first-order valence-corrected chi connectivity index (χ1v) is 6.93. The van der Waals surface area contributed by atoms with Crippen LogP contribution in [0.3, 0.4) is 0 Å². The van der Waals surface area contributed by atoms with Crippen molar-refractivity contribution in [1.29, 1.82) is 0 Å². The van der Waals surface area contributed by atoms with Crippen LogP contribution in [0, 0.1) is 0 Å². The second-order valence-corrected chi connectivity index (χ2v) is 5.15. The van der Waals surface area contributed by atoms with E-state index in [-0.39, 0.29) is 0 Å². The second-order valence-electron chi connectivity index (χ2n) is 5.15. The summed E-state index contributed by atoms with van der Waals surface area (Å²) in [6.07, 6.45) is -14.1. The van der Waals surface area contributed by atoms with Crippen LogP contribution in [0.5, 0.6) is 0 Å². The summed E-state index contributed by atoms with van der Waals surface area (Å²) >= 11 is 0. The lowest BCUT2D eigenvalue weighted by Crippen LogP contribution is -2.40. The molecule has 0 spiro atoms. The summed E-state index contributed by atoms with van der Waals surface area (Å²) < 4.78 is 97.6. The van der Waals surface area contributed by atoms with E-state index < -0.39 is 68.1 Å². The highest BCUT2D eigenvalue weighted by molar-refractivity contribution is 5.86. The number of carbonyl (C=O) groups excluding carboxylic acids is 3. The molecule has 2 unspecified atom stereocenters. The van der Waals surface area contributed by atoms with Crippen molar-refractivity contribution in [3.63, 3.8) is 0 Å². The van der Waals surface area contributed by atoms with E-state index in [4.69, 9.17) is 0 Å². The average Bonchev–Trinajstić information content (AvgIpc) is 2.48. The fraction of sp³-hybridized carbons (Fsp3) is 0.769. The molecular weight excluding hydrogens is 385 g/mol. The van der Waals surface area contributed by atoms with Crippen molar-refractivity contribution in [2.45, 2.75) is 50.8 Å². The number of rotatable bonds is 8. The molecule has 0 aliphatic rings. The van der Waals surface area contributed by atoms with Crippen molar-refractivity contribution in [1.82, 2.24) is 0 Å². The fourth-order valence-corrected chi connectivity index (χ4v) is 1.19. The number of alkyl halides is 7. The highest BCUT2D eigenvalue weighted by Crippen LogP contribution is 2.21. The van der Waals surface area contributed by atoms with E-state index in [2.05, 4.69) is 14.2 Å². The Labute approximate surface area is 142 Å². The van der Waals surface area contributed by atoms with Gasteiger partial charge in [-0.05, 0) is 13.3 Å². The van der Waals surface area contributed by atoms with Crippen LogP contribution in [0.4, 0.5) is 30.7 Å². The summed E-state index contributed by atoms with van der Waals surface area (Å²) in [7, 11) is 0. The van der Waals surface area contributed by atoms with Crippen LogP contribution in [0.2, 0.25) is 0 Å². The average molecular weight is 400 g/mol. The van der Waals surface area contributed by atoms with E-state index in [9.17, 15) is 45.1 Å². The number of hydrogen-bond acceptors (Lipinski definition) is 6. The third kappa shape index (κ3) is 10.0. The molecule has 0 saturated heterocycles. The van der Waals surface area contributed by atoms with Gasteiger partial charge < -0.3 is 14.2 Å². The smallest absolute Gasteiger partial charge is 0.422 e. The first kappa shape index (κ1) is 23.9. The minimum Gasteiger partial charge on any atom is -0.456 e. The largest absolute Gasteiger partial charge is 0.456 e. The van der Waals surface area contributed by atoms with Gasteiger partial charge in [-0.2, -0.15) is 26.3 Å². The van der Waals surface area contributed by atoms with Crippen molar-refractivity contribution in [2.24, 2.45) is 0 Å². The molecule has 13 heteroatoms. The molecule has 0 amide bonds. The first-order valence-electron chi connectivity index (χ1n) is 6.93. The summed E-state index contributed by atoms with van der Waals surface area (Å²) in [5.41, 5.74) is -2.65. The Morgan fingerprint density at radius 1 is 0.885 bits per heavy atom. The van der Waals surface area contributed by atoms with Crippen molar-refractivity contribution in [3.05, 3.63) is 0 Å². The van der Waals surface area contributed by atoms with E-state index in [1.165, 1.54) is 6.92 Å². The summed E-state index contributed by atoms with van der Waals surface area (Å²) in [6, 6.07) is 0. The topological polar surface area (TPSA) is 78.9 Å². The van der Waals surface area contributed by atoms with Crippen molar-refractivity contribution in [3.8, 4) is 0 Å². The van der Waals surface area contributed by atoms with Crippen LogP contribution in [-0.4, -0.2) is 55.2 Å². The predicted molar refractivity (Wildman–Crippen MR) is 68.3 cm³/mol. The first-order chi connectivity index (χ1) is 11.6. The lowest BCUT2D eigenvalue weighted by atomic mass is 10.1. The molecule has 0 aromatic heterocycles. The highest BCUT2D eigenvalue weighted by Gasteiger charge is 2.40. The quantitative estimate of drug-likeness (QED) is 0.354. The van der Waals surface area contributed by atoms with Gasteiger partial charge in [0.05, 0.1) is 6.42 Å². The van der Waals surface area contributed by atoms with Gasteiger partial charge >= 0.3 is 30.3 Å². The molecule has 0 rings (SSSR count). The van der Waals surface area contributed by atoms with Crippen molar-refractivity contribution in [2.75, 3.05) is 13.2 Å². The molecule has 26 heavy (non-hydrogen) atoms. The Kier molecular flexibility index (Phi) is 8.31. The monoisotopic (exact) mass is 400 g/mol. The molecule has 0 fully saturated rings. The van der Waals surface area contributed by atoms with Gasteiger partial charge in [-0.15, -0.1) is 0 Å². The molecule has 0 radical (unpaired) electrons. The highest BCUT2D eigenvalue weighted by atomic mass is 19.4. The molecule has 0 aliphatic heterocycles. The van der Waals surface area contributed by atoms with Crippen LogP contribution in [0.1, 0.15) is 26.7 Å². The van der Waals surface area contributed by atoms with Gasteiger partial charge in [-0.3, -0.25) is 4.79 Å². The lowest BCUT2D eigenvalue weighted by molar-refractivity contribution is -0.200. The molecular formula is C13H15F7O6. The SMILES string of the molecule is CCC(C)(F)C(=O)OC(CC(=O)OCC(F)(F)F)C(=O)OCC(F)(F)F. The maximum atomic E-state index is 13.8. The van der Waals surface area contributed by atoms with E-state index in [0.29, 0.717) is 0 Å².